The van der Waals surface area contributed by atoms with E-state index in [2.05, 4.69) is 0 Å². The lowest BCUT2D eigenvalue weighted by Crippen LogP contribution is -2.30. The maximum absolute atomic E-state index is 12.5. The molecule has 1 N–H and O–H groups in total. The summed E-state index contributed by atoms with van der Waals surface area (Å²) in [6, 6.07) is 7.67. The van der Waals surface area contributed by atoms with Gasteiger partial charge in [0.1, 0.15) is 15.7 Å². The zero-order chi connectivity index (χ0) is 17.3. The second-order valence-corrected chi connectivity index (χ2v) is 6.94. The van der Waals surface area contributed by atoms with Crippen LogP contribution in [0.4, 0.5) is 0 Å². The number of thiocarbonyl (C=S) groups is 1. The normalized spacial score (nSPS) is 16.5. The first kappa shape index (κ1) is 16.7. The molecule has 0 unspecified atom stereocenters. The van der Waals surface area contributed by atoms with Crippen molar-refractivity contribution >= 4 is 57.2 Å². The summed E-state index contributed by atoms with van der Waals surface area (Å²) in [5.74, 6) is -0.396. The maximum atomic E-state index is 12.5. The minimum absolute atomic E-state index is 0.0874. The van der Waals surface area contributed by atoms with Gasteiger partial charge in [-0.25, -0.2) is 0 Å². The number of benzene rings is 1. The Labute approximate surface area is 148 Å². The van der Waals surface area contributed by atoms with Crippen LogP contribution in [0.2, 0.25) is 0 Å². The third-order valence-corrected chi connectivity index (χ3v) is 5.11. The van der Waals surface area contributed by atoms with Gasteiger partial charge in [-0.05, 0) is 12.1 Å². The molecule has 2 aromatic rings. The first-order valence-corrected chi connectivity index (χ1v) is 8.71. The number of hydrogen-bond donors (Lipinski definition) is 1. The molecule has 0 radical (unpaired) electrons. The zero-order valence-electron chi connectivity index (χ0n) is 12.9. The van der Waals surface area contributed by atoms with Gasteiger partial charge in [-0.15, -0.1) is 0 Å². The molecule has 124 valence electrons. The Bertz CT molecular complexity index is 869. The van der Waals surface area contributed by atoms with Crippen LogP contribution in [0.25, 0.3) is 17.0 Å². The summed E-state index contributed by atoms with van der Waals surface area (Å²) in [5.41, 5.74) is 1.66. The summed E-state index contributed by atoms with van der Waals surface area (Å²) >= 11 is 6.40. The molecule has 0 spiro atoms. The first-order valence-electron chi connectivity index (χ1n) is 7.48. The van der Waals surface area contributed by atoms with Crippen molar-refractivity contribution in [3.8, 4) is 0 Å². The van der Waals surface area contributed by atoms with Crippen LogP contribution in [0.1, 0.15) is 24.7 Å². The molecule has 1 fully saturated rings. The highest BCUT2D eigenvalue weighted by molar-refractivity contribution is 8.26. The molecule has 0 aliphatic carbocycles. The highest BCUT2D eigenvalue weighted by Crippen LogP contribution is 2.36. The van der Waals surface area contributed by atoms with Crippen molar-refractivity contribution in [1.29, 1.82) is 0 Å². The Morgan fingerprint density at radius 1 is 1.42 bits per heavy atom. The van der Waals surface area contributed by atoms with Gasteiger partial charge in [-0.2, -0.15) is 0 Å². The molecule has 0 bridgehead atoms. The number of furan rings is 1. The van der Waals surface area contributed by atoms with Gasteiger partial charge in [-0.3, -0.25) is 14.5 Å². The maximum Gasteiger partial charge on any atom is 0.305 e. The molecular weight excluding hydrogens is 346 g/mol. The molecule has 0 saturated carbocycles. The largest absolute Gasteiger partial charge is 0.481 e. The van der Waals surface area contributed by atoms with Gasteiger partial charge >= 0.3 is 5.97 Å². The predicted octanol–water partition coefficient (Wildman–Crippen LogP) is 3.67. The zero-order valence-corrected chi connectivity index (χ0v) is 14.6. The number of carboxylic acid groups (broad SMARTS) is 1. The Hall–Kier alpha value is -2.12. The number of para-hydroxylation sites is 1. The van der Waals surface area contributed by atoms with Crippen LogP contribution in [0.3, 0.4) is 0 Å². The van der Waals surface area contributed by atoms with E-state index >= 15 is 0 Å². The van der Waals surface area contributed by atoms with E-state index in [4.69, 9.17) is 21.7 Å². The van der Waals surface area contributed by atoms with Crippen LogP contribution in [-0.4, -0.2) is 32.7 Å². The fourth-order valence-electron chi connectivity index (χ4n) is 2.57. The van der Waals surface area contributed by atoms with Crippen molar-refractivity contribution in [3.05, 3.63) is 40.5 Å². The number of rotatable bonds is 5. The summed E-state index contributed by atoms with van der Waals surface area (Å²) in [6.07, 6.45) is 2.37. The molecule has 1 amide bonds. The molecule has 1 aromatic carbocycles. The molecule has 1 aliphatic heterocycles. The van der Waals surface area contributed by atoms with Crippen molar-refractivity contribution < 1.29 is 19.1 Å². The quantitative estimate of drug-likeness (QED) is 0.647. The lowest BCUT2D eigenvalue weighted by molar-refractivity contribution is -0.137. The standard InChI is InChI=1S/C17H15NO4S2/c1-2-12-11(10-5-3-4-6-13(10)22-12)9-14-16(21)18(17(23)24-14)8-7-15(19)20/h3-6,9H,2,7-8H2,1H3,(H,19,20)/b14-9-. The van der Waals surface area contributed by atoms with E-state index in [1.807, 2.05) is 31.2 Å². The molecule has 2 heterocycles. The number of carboxylic acids is 1. The van der Waals surface area contributed by atoms with Crippen LogP contribution in [0, 0.1) is 0 Å². The Morgan fingerprint density at radius 3 is 2.88 bits per heavy atom. The number of carbonyl (C=O) groups is 2. The van der Waals surface area contributed by atoms with Crippen molar-refractivity contribution in [2.45, 2.75) is 19.8 Å². The summed E-state index contributed by atoms with van der Waals surface area (Å²) in [5, 5.41) is 9.74. The van der Waals surface area contributed by atoms with Gasteiger partial charge in [0.2, 0.25) is 0 Å². The molecule has 5 nitrogen and oxygen atoms in total. The molecule has 7 heteroatoms. The number of carbonyl (C=O) groups excluding carboxylic acids is 1. The molecule has 24 heavy (non-hydrogen) atoms. The fourth-order valence-corrected chi connectivity index (χ4v) is 3.86. The lowest BCUT2D eigenvalue weighted by Gasteiger charge is -2.12. The summed E-state index contributed by atoms with van der Waals surface area (Å²) in [4.78, 5) is 25.1. The molecule has 1 aromatic heterocycles. The Balaban J connectivity index is 1.96. The second-order valence-electron chi connectivity index (χ2n) is 5.27. The minimum atomic E-state index is -0.956. The number of hydrogen-bond acceptors (Lipinski definition) is 5. The SMILES string of the molecule is CCc1oc2ccccc2c1/C=C1\SC(=S)N(CCC(=O)O)C1=O. The average molecular weight is 361 g/mol. The van der Waals surface area contributed by atoms with E-state index in [9.17, 15) is 9.59 Å². The van der Waals surface area contributed by atoms with Gasteiger partial charge < -0.3 is 9.52 Å². The fraction of sp³-hybridized carbons (Fsp3) is 0.235. The van der Waals surface area contributed by atoms with E-state index in [-0.39, 0.29) is 18.9 Å². The van der Waals surface area contributed by atoms with Crippen LogP contribution in [0.5, 0.6) is 0 Å². The van der Waals surface area contributed by atoms with Crippen LogP contribution in [-0.2, 0) is 16.0 Å². The Kier molecular flexibility index (Phi) is 4.73. The van der Waals surface area contributed by atoms with E-state index < -0.39 is 5.97 Å². The Morgan fingerprint density at radius 2 is 2.17 bits per heavy atom. The van der Waals surface area contributed by atoms with Gasteiger partial charge in [0.15, 0.2) is 0 Å². The van der Waals surface area contributed by atoms with Gasteiger partial charge in [0.05, 0.1) is 11.3 Å². The van der Waals surface area contributed by atoms with Gasteiger partial charge in [0, 0.05) is 23.9 Å². The predicted molar refractivity (Wildman–Crippen MR) is 97.7 cm³/mol. The second kappa shape index (κ2) is 6.78. The summed E-state index contributed by atoms with van der Waals surface area (Å²) in [6.45, 7) is 2.08. The number of fused-ring (bicyclic) bond motifs is 1. The van der Waals surface area contributed by atoms with E-state index in [1.54, 1.807) is 6.08 Å². The minimum Gasteiger partial charge on any atom is -0.481 e. The number of aliphatic carboxylic acids is 1. The van der Waals surface area contributed by atoms with Gasteiger partial charge in [0.25, 0.3) is 5.91 Å². The average Bonchev–Trinajstić information content (AvgIpc) is 3.04. The molecule has 3 rings (SSSR count). The topological polar surface area (TPSA) is 70.8 Å². The monoisotopic (exact) mass is 361 g/mol. The van der Waals surface area contributed by atoms with E-state index in [0.717, 1.165) is 22.3 Å². The highest BCUT2D eigenvalue weighted by atomic mass is 32.2. The number of nitrogens with zero attached hydrogens (tertiary/aromatic N) is 1. The van der Waals surface area contributed by atoms with Crippen molar-refractivity contribution in [2.75, 3.05) is 6.54 Å². The van der Waals surface area contributed by atoms with Crippen LogP contribution < -0.4 is 0 Å². The molecule has 1 aliphatic rings. The first-order chi connectivity index (χ1) is 11.5. The number of aryl methyl sites for hydroxylation is 1. The summed E-state index contributed by atoms with van der Waals surface area (Å²) in [7, 11) is 0. The third kappa shape index (κ3) is 3.09. The summed E-state index contributed by atoms with van der Waals surface area (Å²) < 4.78 is 6.22. The van der Waals surface area contributed by atoms with E-state index in [1.165, 1.54) is 16.7 Å². The van der Waals surface area contributed by atoms with Crippen molar-refractivity contribution in [3.63, 3.8) is 0 Å². The van der Waals surface area contributed by atoms with Crippen molar-refractivity contribution in [2.24, 2.45) is 0 Å². The van der Waals surface area contributed by atoms with Gasteiger partial charge in [-0.1, -0.05) is 49.1 Å². The highest BCUT2D eigenvalue weighted by Gasteiger charge is 2.32. The molecule has 0 atom stereocenters. The number of amides is 1. The molecule has 1 saturated heterocycles. The smallest absolute Gasteiger partial charge is 0.305 e. The van der Waals surface area contributed by atoms with Crippen molar-refractivity contribution in [1.82, 2.24) is 4.90 Å². The van der Waals surface area contributed by atoms with Crippen LogP contribution >= 0.6 is 24.0 Å². The third-order valence-electron chi connectivity index (χ3n) is 3.73. The van der Waals surface area contributed by atoms with Crippen LogP contribution in [0.15, 0.2) is 33.6 Å². The number of thioether (sulfide) groups is 1. The molecular formula is C17H15NO4S2. The lowest BCUT2D eigenvalue weighted by atomic mass is 10.1. The van der Waals surface area contributed by atoms with E-state index in [0.29, 0.717) is 15.6 Å².